The fraction of sp³-hybridized carbons (Fsp3) is 0.500. The zero-order valence-electron chi connectivity index (χ0n) is 27.9. The molecule has 0 bridgehead atoms. The lowest BCUT2D eigenvalue weighted by Crippen LogP contribution is -2.39. The lowest BCUT2D eigenvalue weighted by molar-refractivity contribution is 0.122. The molecular formula is C32H42F2N8O6S2. The van der Waals surface area contributed by atoms with Crippen LogP contribution in [0.2, 0.25) is 0 Å². The molecule has 0 aromatic heterocycles. The third kappa shape index (κ3) is 10.4. The summed E-state index contributed by atoms with van der Waals surface area (Å²) in [7, 11) is 3.30. The molecule has 4 aliphatic rings. The minimum Gasteiger partial charge on any atom is -0.443 e. The lowest BCUT2D eigenvalue weighted by atomic mass is 10.2. The van der Waals surface area contributed by atoms with Gasteiger partial charge in [-0.3, -0.25) is 9.80 Å². The van der Waals surface area contributed by atoms with E-state index in [1.807, 2.05) is 9.80 Å². The van der Waals surface area contributed by atoms with E-state index in [2.05, 4.69) is 33.0 Å². The number of carbonyl (C=O) groups is 2. The third-order valence-electron chi connectivity index (χ3n) is 8.01. The van der Waals surface area contributed by atoms with Gasteiger partial charge in [0.1, 0.15) is 23.8 Å². The molecule has 4 fully saturated rings. The fourth-order valence-corrected chi connectivity index (χ4v) is 5.52. The molecular weight excluding hydrogens is 695 g/mol. The van der Waals surface area contributed by atoms with Gasteiger partial charge in [0.2, 0.25) is 0 Å². The number of morpholine rings is 2. The summed E-state index contributed by atoms with van der Waals surface area (Å²) in [6.07, 6.45) is -1.65. The number of nitrogens with one attached hydrogen (secondary N) is 2. The van der Waals surface area contributed by atoms with Crippen LogP contribution in [0.5, 0.6) is 0 Å². The predicted molar refractivity (Wildman–Crippen MR) is 194 cm³/mol. The van der Waals surface area contributed by atoms with E-state index < -0.39 is 12.2 Å². The first-order valence-corrected chi connectivity index (χ1v) is 16.8. The van der Waals surface area contributed by atoms with Crippen LogP contribution < -0.4 is 36.0 Å². The summed E-state index contributed by atoms with van der Waals surface area (Å²) in [4.78, 5) is 33.8. The van der Waals surface area contributed by atoms with E-state index in [4.69, 9.17) is 36.9 Å². The molecule has 4 heterocycles. The summed E-state index contributed by atoms with van der Waals surface area (Å²) in [5, 5.41) is 8.37. The summed E-state index contributed by atoms with van der Waals surface area (Å²) < 4.78 is 49.7. The molecule has 6 rings (SSSR count). The number of hydrogen-bond acceptors (Lipinski definition) is 12. The molecule has 0 unspecified atom stereocenters. The van der Waals surface area contributed by atoms with Crippen LogP contribution in [0.4, 0.5) is 41.1 Å². The summed E-state index contributed by atoms with van der Waals surface area (Å²) in [5.41, 5.74) is 7.52. The zero-order chi connectivity index (χ0) is 36.0. The molecule has 4 N–H and O–H groups in total. The number of carbonyl (C=O) groups excluding carboxylic acids is 2. The Kier molecular flexibility index (Phi) is 14.9. The first kappa shape index (κ1) is 38.6. The van der Waals surface area contributed by atoms with E-state index in [0.29, 0.717) is 100 Å². The predicted octanol–water partition coefficient (Wildman–Crippen LogP) is 2.75. The number of rotatable bonds is 7. The number of aliphatic imine (C=N–C) groups is 1. The monoisotopic (exact) mass is 736 g/mol. The second-order valence-corrected chi connectivity index (χ2v) is 11.8. The molecule has 14 nitrogen and oxygen atoms in total. The van der Waals surface area contributed by atoms with Crippen molar-refractivity contribution in [2.45, 2.75) is 12.2 Å². The van der Waals surface area contributed by atoms with Crippen LogP contribution in [-0.2, 0) is 18.9 Å². The number of amides is 2. The SMILES string of the molecule is CN=C=S.CNC(=S)NC[C@H]1CN(c2ccc(N3CCOCC3)c(F)c2)C(=O)O1.NC[C@H]1CN(c2ccc(N3CCOCC3)c(F)c2)C(=O)O1. The largest absolute Gasteiger partial charge is 0.443 e. The van der Waals surface area contributed by atoms with Crippen molar-refractivity contribution in [3.8, 4) is 0 Å². The standard InChI is InChI=1S/C16H21FN4O3S.C14H18FN3O3.C2H3NS/c1-18-15(25)19-9-12-10-21(16(22)24-12)11-2-3-14(13(17)8-11)20-4-6-23-7-5-20;15-12-7-10(18-9-11(8-16)21-14(18)19)1-2-13(12)17-3-5-20-6-4-17;1-3-2-4/h2-3,8,12H,4-7,9-10H2,1H3,(H2,18,19,25);1-2,7,11H,3-6,8-9,16H2;1H3/t12-;11-;/m00./s1. The van der Waals surface area contributed by atoms with Crippen LogP contribution in [0.3, 0.4) is 0 Å². The molecule has 2 atom stereocenters. The third-order valence-corrected chi connectivity index (χ3v) is 8.54. The van der Waals surface area contributed by atoms with E-state index in [-0.39, 0.29) is 30.4 Å². The van der Waals surface area contributed by atoms with Crippen LogP contribution in [0.25, 0.3) is 0 Å². The number of ether oxygens (including phenoxy) is 4. The van der Waals surface area contributed by atoms with Crippen molar-refractivity contribution < 1.29 is 37.3 Å². The van der Waals surface area contributed by atoms with Gasteiger partial charge in [0.15, 0.2) is 5.11 Å². The van der Waals surface area contributed by atoms with Crippen LogP contribution in [-0.4, -0.2) is 128 Å². The number of nitrogens with two attached hydrogens (primary N) is 1. The number of hydrogen-bond donors (Lipinski definition) is 3. The van der Waals surface area contributed by atoms with Crippen molar-refractivity contribution in [2.75, 3.05) is 112 Å². The minimum absolute atomic E-state index is 0.260. The fourth-order valence-electron chi connectivity index (χ4n) is 5.44. The topological polar surface area (TPSA) is 146 Å². The van der Waals surface area contributed by atoms with Gasteiger partial charge in [-0.1, -0.05) is 0 Å². The van der Waals surface area contributed by atoms with Gasteiger partial charge in [-0.2, -0.15) is 0 Å². The van der Waals surface area contributed by atoms with Crippen molar-refractivity contribution >= 4 is 69.6 Å². The Hall–Kier alpha value is -4.19. The van der Waals surface area contributed by atoms with E-state index in [9.17, 15) is 18.4 Å². The number of benzene rings is 2. The molecule has 50 heavy (non-hydrogen) atoms. The number of anilines is 4. The van der Waals surface area contributed by atoms with Crippen molar-refractivity contribution in [1.29, 1.82) is 0 Å². The second-order valence-electron chi connectivity index (χ2n) is 11.2. The molecule has 2 aromatic rings. The smallest absolute Gasteiger partial charge is 0.414 e. The van der Waals surface area contributed by atoms with Gasteiger partial charge in [0.05, 0.1) is 74.0 Å². The first-order chi connectivity index (χ1) is 24.2. The van der Waals surface area contributed by atoms with Crippen LogP contribution >= 0.6 is 24.4 Å². The molecule has 4 aliphatic heterocycles. The summed E-state index contributed by atoms with van der Waals surface area (Å²) in [6.45, 7) is 6.35. The Bertz CT molecular complexity index is 1530. The van der Waals surface area contributed by atoms with E-state index in [1.165, 1.54) is 21.9 Å². The number of isothiocyanates is 1. The average Bonchev–Trinajstić information content (AvgIpc) is 3.72. The van der Waals surface area contributed by atoms with Gasteiger partial charge >= 0.3 is 12.2 Å². The molecule has 2 amide bonds. The van der Waals surface area contributed by atoms with E-state index in [1.54, 1.807) is 38.4 Å². The molecule has 272 valence electrons. The number of halogens is 2. The van der Waals surface area contributed by atoms with Crippen molar-refractivity contribution in [3.05, 3.63) is 48.0 Å². The summed E-state index contributed by atoms with van der Waals surface area (Å²) in [5.74, 6) is -0.705. The number of thiocarbonyl (C=S) groups is 2. The highest BCUT2D eigenvalue weighted by atomic mass is 32.1. The van der Waals surface area contributed by atoms with Crippen molar-refractivity contribution in [3.63, 3.8) is 0 Å². The lowest BCUT2D eigenvalue weighted by Gasteiger charge is -2.29. The van der Waals surface area contributed by atoms with Crippen molar-refractivity contribution in [2.24, 2.45) is 10.7 Å². The average molecular weight is 737 g/mol. The van der Waals surface area contributed by atoms with Crippen LogP contribution in [0.15, 0.2) is 41.4 Å². The molecule has 0 radical (unpaired) electrons. The maximum atomic E-state index is 14.5. The minimum atomic E-state index is -0.485. The van der Waals surface area contributed by atoms with Gasteiger partial charge in [-0.15, -0.1) is 0 Å². The Balaban J connectivity index is 0.000000205. The Labute approximate surface area is 300 Å². The van der Waals surface area contributed by atoms with Gasteiger partial charge in [0, 0.05) is 46.8 Å². The summed E-state index contributed by atoms with van der Waals surface area (Å²) in [6, 6.07) is 9.60. The highest BCUT2D eigenvalue weighted by molar-refractivity contribution is 7.80. The van der Waals surface area contributed by atoms with Crippen molar-refractivity contribution in [1.82, 2.24) is 10.6 Å². The van der Waals surface area contributed by atoms with Crippen LogP contribution in [0.1, 0.15) is 0 Å². The zero-order valence-corrected chi connectivity index (χ0v) is 29.6. The normalized spacial score (nSPS) is 20.0. The van der Waals surface area contributed by atoms with E-state index >= 15 is 0 Å². The molecule has 0 spiro atoms. The summed E-state index contributed by atoms with van der Waals surface area (Å²) >= 11 is 9.13. The first-order valence-electron chi connectivity index (χ1n) is 16.0. The Morgan fingerprint density at radius 2 is 1.32 bits per heavy atom. The Morgan fingerprint density at radius 3 is 1.70 bits per heavy atom. The Morgan fingerprint density at radius 1 is 0.880 bits per heavy atom. The molecule has 2 aromatic carbocycles. The van der Waals surface area contributed by atoms with Crippen LogP contribution in [0, 0.1) is 11.6 Å². The molecule has 0 saturated carbocycles. The highest BCUT2D eigenvalue weighted by Crippen LogP contribution is 2.29. The van der Waals surface area contributed by atoms with Gasteiger partial charge < -0.3 is 45.1 Å². The molecule has 4 saturated heterocycles. The highest BCUT2D eigenvalue weighted by Gasteiger charge is 2.33. The quantitative estimate of drug-likeness (QED) is 0.283. The molecule has 18 heteroatoms. The maximum Gasteiger partial charge on any atom is 0.414 e. The second kappa shape index (κ2) is 19.3. The van der Waals surface area contributed by atoms with Gasteiger partial charge in [0.25, 0.3) is 0 Å². The van der Waals surface area contributed by atoms with E-state index in [0.717, 1.165) is 0 Å². The van der Waals surface area contributed by atoms with Gasteiger partial charge in [-0.25, -0.2) is 23.4 Å². The maximum absolute atomic E-state index is 14.5. The van der Waals surface area contributed by atoms with Gasteiger partial charge in [-0.05, 0) is 60.8 Å². The number of nitrogens with zero attached hydrogens (tertiary/aromatic N) is 5. The molecule has 0 aliphatic carbocycles. The number of cyclic esters (lactones) is 2.